The average Bonchev–Trinajstić information content (AvgIpc) is 3.08. The molecule has 1 unspecified atom stereocenters. The summed E-state index contributed by atoms with van der Waals surface area (Å²) < 4.78 is 16.8. The summed E-state index contributed by atoms with van der Waals surface area (Å²) in [4.78, 5) is 16.3. The number of carbonyl (C=O) groups is 1. The zero-order chi connectivity index (χ0) is 22.4. The third-order valence-electron chi connectivity index (χ3n) is 5.68. The Morgan fingerprint density at radius 3 is 2.55 bits per heavy atom. The minimum atomic E-state index is -1.75. The van der Waals surface area contributed by atoms with Crippen molar-refractivity contribution in [3.8, 4) is 11.5 Å². The van der Waals surface area contributed by atoms with Gasteiger partial charge in [-0.2, -0.15) is 0 Å². The van der Waals surface area contributed by atoms with Gasteiger partial charge in [0.05, 0.1) is 20.3 Å². The number of methoxy groups -OCH3 is 2. The highest BCUT2D eigenvalue weighted by molar-refractivity contribution is 6.70. The minimum absolute atomic E-state index is 0.212. The smallest absolute Gasteiger partial charge is 0.326 e. The Labute approximate surface area is 184 Å². The normalized spacial score (nSPS) is 20.9. The highest BCUT2D eigenvalue weighted by atomic mass is 28.4. The number of ether oxygens (including phenoxy) is 2. The van der Waals surface area contributed by atoms with Gasteiger partial charge in [0, 0.05) is 23.0 Å². The van der Waals surface area contributed by atoms with E-state index in [-0.39, 0.29) is 12.0 Å². The number of aromatic nitrogens is 1. The Bertz CT molecular complexity index is 1130. The predicted octanol–water partition coefficient (Wildman–Crippen LogP) is 4.56. The molecule has 31 heavy (non-hydrogen) atoms. The molecule has 2 aromatic carbocycles. The topological polar surface area (TPSA) is 72.6 Å². The fourth-order valence-electron chi connectivity index (χ4n) is 4.32. The van der Waals surface area contributed by atoms with Crippen LogP contribution in [-0.2, 0) is 16.0 Å². The van der Waals surface area contributed by atoms with E-state index in [0.29, 0.717) is 6.42 Å². The van der Waals surface area contributed by atoms with Gasteiger partial charge in [0.2, 0.25) is 8.32 Å². The van der Waals surface area contributed by atoms with Crippen molar-refractivity contribution in [1.82, 2.24) is 10.3 Å². The quantitative estimate of drug-likeness (QED) is 0.451. The van der Waals surface area contributed by atoms with Gasteiger partial charge in [-0.05, 0) is 68.0 Å². The second-order valence-electron chi connectivity index (χ2n) is 9.29. The zero-order valence-corrected chi connectivity index (χ0v) is 20.0. The van der Waals surface area contributed by atoms with Crippen LogP contribution in [0.5, 0.6) is 11.5 Å². The van der Waals surface area contributed by atoms with Gasteiger partial charge in [-0.25, -0.2) is 0 Å². The highest BCUT2D eigenvalue weighted by Crippen LogP contribution is 2.40. The van der Waals surface area contributed by atoms with Crippen LogP contribution in [0.4, 0.5) is 0 Å². The van der Waals surface area contributed by atoms with E-state index in [9.17, 15) is 4.79 Å². The number of esters is 1. The molecular weight excluding hydrogens is 408 g/mol. The summed E-state index contributed by atoms with van der Waals surface area (Å²) in [6.07, 6.45) is 0.518. The van der Waals surface area contributed by atoms with Crippen LogP contribution >= 0.6 is 0 Å². The standard InChI is InChI=1S/C24H30N2O4Si/c1-24(23(27)29-3)14-19-18-13-16(28-2)10-11-20(18)25-22(19)21(26-24)15-8-7-9-17(12-15)30-31(4,5)6/h7-13,21,25-26H,14H2,1-6H3/t21?,24-/m0/s1. The van der Waals surface area contributed by atoms with Crippen LogP contribution in [0, 0.1) is 0 Å². The number of rotatable bonds is 5. The van der Waals surface area contributed by atoms with Crippen LogP contribution in [0.1, 0.15) is 29.8 Å². The predicted molar refractivity (Wildman–Crippen MR) is 124 cm³/mol. The van der Waals surface area contributed by atoms with E-state index in [1.807, 2.05) is 37.3 Å². The van der Waals surface area contributed by atoms with Crippen LogP contribution in [0.2, 0.25) is 19.6 Å². The van der Waals surface area contributed by atoms with Gasteiger partial charge >= 0.3 is 5.97 Å². The number of H-pyrrole nitrogens is 1. The zero-order valence-electron chi connectivity index (χ0n) is 19.0. The highest BCUT2D eigenvalue weighted by Gasteiger charge is 2.43. The van der Waals surface area contributed by atoms with Gasteiger partial charge < -0.3 is 18.9 Å². The fourth-order valence-corrected chi connectivity index (χ4v) is 5.16. The largest absolute Gasteiger partial charge is 0.544 e. The Hall–Kier alpha value is -2.77. The first kappa shape index (κ1) is 21.5. The Morgan fingerprint density at radius 1 is 1.10 bits per heavy atom. The monoisotopic (exact) mass is 438 g/mol. The van der Waals surface area contributed by atoms with Crippen molar-refractivity contribution < 1.29 is 18.7 Å². The number of benzene rings is 2. The van der Waals surface area contributed by atoms with Crippen LogP contribution in [0.3, 0.4) is 0 Å². The summed E-state index contributed by atoms with van der Waals surface area (Å²) >= 11 is 0. The van der Waals surface area contributed by atoms with E-state index in [0.717, 1.165) is 39.2 Å². The van der Waals surface area contributed by atoms with Crippen molar-refractivity contribution >= 4 is 25.2 Å². The molecule has 2 atom stereocenters. The van der Waals surface area contributed by atoms with Crippen molar-refractivity contribution in [3.63, 3.8) is 0 Å². The molecule has 0 saturated heterocycles. The Morgan fingerprint density at radius 2 is 1.87 bits per heavy atom. The molecule has 3 aromatic rings. The van der Waals surface area contributed by atoms with Crippen LogP contribution in [-0.4, -0.2) is 39.0 Å². The van der Waals surface area contributed by atoms with E-state index >= 15 is 0 Å². The Kier molecular flexibility index (Phi) is 5.35. The molecule has 2 heterocycles. The second kappa shape index (κ2) is 7.73. The summed E-state index contributed by atoms with van der Waals surface area (Å²) in [5.41, 5.74) is 3.34. The van der Waals surface area contributed by atoms with Gasteiger partial charge in [0.15, 0.2) is 0 Å². The molecule has 4 rings (SSSR count). The molecule has 0 bridgehead atoms. The summed E-state index contributed by atoms with van der Waals surface area (Å²) in [5.74, 6) is 1.35. The molecule has 1 aromatic heterocycles. The van der Waals surface area contributed by atoms with E-state index in [1.54, 1.807) is 7.11 Å². The first-order chi connectivity index (χ1) is 14.6. The van der Waals surface area contributed by atoms with Crippen molar-refractivity contribution in [1.29, 1.82) is 0 Å². The van der Waals surface area contributed by atoms with Crippen LogP contribution in [0.15, 0.2) is 42.5 Å². The van der Waals surface area contributed by atoms with E-state index in [1.165, 1.54) is 7.11 Å². The molecule has 6 nitrogen and oxygen atoms in total. The van der Waals surface area contributed by atoms with E-state index in [2.05, 4.69) is 42.1 Å². The maximum atomic E-state index is 12.8. The molecule has 164 valence electrons. The average molecular weight is 439 g/mol. The Balaban J connectivity index is 1.87. The lowest BCUT2D eigenvalue weighted by Crippen LogP contribution is -2.56. The van der Waals surface area contributed by atoms with Crippen molar-refractivity contribution in [3.05, 3.63) is 59.3 Å². The molecular formula is C24H30N2O4Si. The molecule has 7 heteroatoms. The van der Waals surface area contributed by atoms with E-state index < -0.39 is 13.9 Å². The lowest BCUT2D eigenvalue weighted by molar-refractivity contribution is -0.148. The van der Waals surface area contributed by atoms with Gasteiger partial charge in [0.25, 0.3) is 0 Å². The molecule has 0 spiro atoms. The first-order valence-electron chi connectivity index (χ1n) is 10.5. The van der Waals surface area contributed by atoms with Crippen molar-refractivity contribution in [2.75, 3.05) is 14.2 Å². The van der Waals surface area contributed by atoms with Gasteiger partial charge in [-0.3, -0.25) is 10.1 Å². The molecule has 1 aliphatic rings. The van der Waals surface area contributed by atoms with E-state index in [4.69, 9.17) is 13.9 Å². The molecule has 0 aliphatic carbocycles. The second-order valence-corrected chi connectivity index (χ2v) is 13.7. The SMILES string of the molecule is COC(=O)[C@]1(C)Cc2c([nH]c3ccc(OC)cc23)C(c2cccc(O[Si](C)(C)C)c2)N1. The molecule has 0 amide bonds. The molecule has 0 radical (unpaired) electrons. The number of nitrogens with one attached hydrogen (secondary N) is 2. The van der Waals surface area contributed by atoms with Gasteiger partial charge in [-0.1, -0.05) is 12.1 Å². The summed E-state index contributed by atoms with van der Waals surface area (Å²) in [7, 11) is 1.34. The summed E-state index contributed by atoms with van der Waals surface area (Å²) in [5, 5.41) is 4.61. The summed E-state index contributed by atoms with van der Waals surface area (Å²) in [6, 6.07) is 13.9. The van der Waals surface area contributed by atoms with Gasteiger partial charge in [0.1, 0.15) is 17.0 Å². The lowest BCUT2D eigenvalue weighted by Gasteiger charge is -2.38. The number of hydrogen-bond acceptors (Lipinski definition) is 5. The third-order valence-corrected chi connectivity index (χ3v) is 6.53. The van der Waals surface area contributed by atoms with Gasteiger partial charge in [-0.15, -0.1) is 0 Å². The number of hydrogen-bond donors (Lipinski definition) is 2. The molecule has 0 saturated carbocycles. The van der Waals surface area contributed by atoms with Crippen LogP contribution in [0.25, 0.3) is 10.9 Å². The first-order valence-corrected chi connectivity index (χ1v) is 13.9. The maximum Gasteiger partial charge on any atom is 0.326 e. The van der Waals surface area contributed by atoms with Crippen molar-refractivity contribution in [2.24, 2.45) is 0 Å². The molecule has 1 aliphatic heterocycles. The fraction of sp³-hybridized carbons (Fsp3) is 0.375. The maximum absolute atomic E-state index is 12.8. The minimum Gasteiger partial charge on any atom is -0.544 e. The number of fused-ring (bicyclic) bond motifs is 3. The van der Waals surface area contributed by atoms with Crippen LogP contribution < -0.4 is 14.5 Å². The number of aromatic amines is 1. The third kappa shape index (κ3) is 4.07. The number of carbonyl (C=O) groups excluding carboxylic acids is 1. The molecule has 0 fully saturated rings. The lowest BCUT2D eigenvalue weighted by atomic mass is 9.82. The molecule has 2 N–H and O–H groups in total. The summed E-state index contributed by atoms with van der Waals surface area (Å²) in [6.45, 7) is 8.39. The van der Waals surface area contributed by atoms with Crippen molar-refractivity contribution in [2.45, 2.75) is 44.6 Å².